The number of nitrogens with one attached hydrogen (secondary N) is 1. The van der Waals surface area contributed by atoms with Gasteiger partial charge in [0.15, 0.2) is 5.65 Å². The van der Waals surface area contributed by atoms with Gasteiger partial charge in [0.25, 0.3) is 17.0 Å². The summed E-state index contributed by atoms with van der Waals surface area (Å²) in [5, 5.41) is -0.601. The van der Waals surface area contributed by atoms with Crippen LogP contribution in [-0.4, -0.2) is 43.4 Å². The number of piperidine rings is 1. The van der Waals surface area contributed by atoms with Crippen LogP contribution in [0.5, 0.6) is 0 Å². The Labute approximate surface area is 179 Å². The van der Waals surface area contributed by atoms with Crippen molar-refractivity contribution in [3.05, 3.63) is 67.7 Å². The van der Waals surface area contributed by atoms with Crippen molar-refractivity contribution in [3.63, 3.8) is 0 Å². The van der Waals surface area contributed by atoms with Gasteiger partial charge in [-0.15, -0.1) is 0 Å². The number of nitrogens with zero attached hydrogens (tertiary/aromatic N) is 4. The highest BCUT2D eigenvalue weighted by molar-refractivity contribution is 5.94. The largest absolute Gasteiger partial charge is 0.417 e. The predicted octanol–water partition coefficient (Wildman–Crippen LogP) is 2.36. The number of hydrogen-bond donors (Lipinski definition) is 1. The van der Waals surface area contributed by atoms with Crippen LogP contribution < -0.4 is 11.1 Å². The Morgan fingerprint density at radius 3 is 2.66 bits per heavy atom. The molecule has 11 heteroatoms. The van der Waals surface area contributed by atoms with Crippen LogP contribution >= 0.6 is 0 Å². The molecule has 3 aromatic heterocycles. The zero-order chi connectivity index (χ0) is 23.2. The number of aromatic nitrogens is 4. The lowest BCUT2D eigenvalue weighted by Gasteiger charge is -2.33. The van der Waals surface area contributed by atoms with Gasteiger partial charge in [0.05, 0.1) is 10.9 Å². The molecule has 1 N–H and O–H groups in total. The molecule has 0 spiro atoms. The number of hydrogen-bond acceptors (Lipinski definition) is 5. The van der Waals surface area contributed by atoms with Gasteiger partial charge in [-0.3, -0.25) is 14.4 Å². The Balaban J connectivity index is 1.72. The highest BCUT2D eigenvalue weighted by Crippen LogP contribution is 2.36. The predicted molar refractivity (Wildman–Crippen MR) is 109 cm³/mol. The van der Waals surface area contributed by atoms with E-state index in [9.17, 15) is 27.6 Å². The van der Waals surface area contributed by atoms with Crippen molar-refractivity contribution in [2.45, 2.75) is 31.9 Å². The quantitative estimate of drug-likeness (QED) is 0.650. The molecule has 0 aliphatic carbocycles. The van der Waals surface area contributed by atoms with E-state index in [0.29, 0.717) is 19.4 Å². The van der Waals surface area contributed by atoms with Crippen LogP contribution in [0, 0.1) is 6.92 Å². The number of H-pyrrole nitrogens is 1. The van der Waals surface area contributed by atoms with E-state index in [1.54, 1.807) is 7.05 Å². The lowest BCUT2D eigenvalue weighted by Crippen LogP contribution is -2.40. The van der Waals surface area contributed by atoms with Crippen LogP contribution in [0.25, 0.3) is 11.0 Å². The molecule has 1 amide bonds. The lowest BCUT2D eigenvalue weighted by atomic mass is 9.92. The van der Waals surface area contributed by atoms with Gasteiger partial charge < -0.3 is 14.5 Å². The summed E-state index contributed by atoms with van der Waals surface area (Å²) in [6.07, 6.45) is -2.19. The molecule has 4 heterocycles. The Kier molecular flexibility index (Phi) is 5.35. The van der Waals surface area contributed by atoms with Gasteiger partial charge >= 0.3 is 6.18 Å². The van der Waals surface area contributed by atoms with E-state index in [0.717, 1.165) is 6.07 Å². The molecule has 0 aromatic carbocycles. The van der Waals surface area contributed by atoms with Crippen molar-refractivity contribution in [2.75, 3.05) is 13.1 Å². The summed E-state index contributed by atoms with van der Waals surface area (Å²) < 4.78 is 42.6. The van der Waals surface area contributed by atoms with Crippen LogP contribution in [-0.2, 0) is 13.2 Å². The first kappa shape index (κ1) is 21.7. The lowest BCUT2D eigenvalue weighted by molar-refractivity contribution is -0.136. The minimum Gasteiger partial charge on any atom is -0.338 e. The number of alkyl halides is 3. The zero-order valence-corrected chi connectivity index (χ0v) is 17.4. The Hall–Kier alpha value is -3.50. The number of amides is 1. The summed E-state index contributed by atoms with van der Waals surface area (Å²) >= 11 is 0. The summed E-state index contributed by atoms with van der Waals surface area (Å²) in [7, 11) is 1.57. The van der Waals surface area contributed by atoms with Crippen molar-refractivity contribution in [2.24, 2.45) is 7.05 Å². The minimum absolute atomic E-state index is 0.129. The number of rotatable bonds is 2. The maximum absolute atomic E-state index is 13.7. The van der Waals surface area contributed by atoms with E-state index in [1.165, 1.54) is 34.7 Å². The Morgan fingerprint density at radius 1 is 1.22 bits per heavy atom. The number of aryl methyl sites for hydroxylation is 2. The fourth-order valence-corrected chi connectivity index (χ4v) is 3.97. The molecule has 4 rings (SSSR count). The fourth-order valence-electron chi connectivity index (χ4n) is 3.97. The molecule has 168 valence electrons. The molecule has 0 radical (unpaired) electrons. The second kappa shape index (κ2) is 7.88. The molecule has 1 fully saturated rings. The van der Waals surface area contributed by atoms with Gasteiger partial charge in [-0.2, -0.15) is 13.2 Å². The highest BCUT2D eigenvalue weighted by atomic mass is 19.4. The standard InChI is InChI=1S/C21H20F3N5O3/c1-11-25-18-17(19(31)26-11)14(21(22,23)24)9-15(27-18)13-4-3-6-29(10-13)20(32)12-5-7-28(2)16(30)8-12/h5,7-9,13H,3-4,6,10H2,1-2H3,(H,25,26,27,31). The normalized spacial score (nSPS) is 17.0. The van der Waals surface area contributed by atoms with Crippen LogP contribution in [0.4, 0.5) is 13.2 Å². The average Bonchev–Trinajstić information content (AvgIpc) is 2.73. The number of likely N-dealkylation sites (tertiary alicyclic amines) is 1. The second-order valence-corrected chi connectivity index (χ2v) is 7.90. The third-order valence-corrected chi connectivity index (χ3v) is 5.60. The van der Waals surface area contributed by atoms with Crippen LogP contribution in [0.1, 0.15) is 46.2 Å². The third kappa shape index (κ3) is 4.02. The summed E-state index contributed by atoms with van der Waals surface area (Å²) in [6.45, 7) is 2.03. The second-order valence-electron chi connectivity index (χ2n) is 7.90. The number of aromatic amines is 1. The molecule has 0 bridgehead atoms. The first-order valence-electron chi connectivity index (χ1n) is 9.99. The van der Waals surface area contributed by atoms with Crippen molar-refractivity contribution >= 4 is 16.9 Å². The number of fused-ring (bicyclic) bond motifs is 1. The van der Waals surface area contributed by atoms with Gasteiger partial charge in [0.1, 0.15) is 5.82 Å². The Bertz CT molecular complexity index is 1330. The van der Waals surface area contributed by atoms with E-state index >= 15 is 0 Å². The number of carbonyl (C=O) groups excluding carboxylic acids is 1. The van der Waals surface area contributed by atoms with E-state index in [-0.39, 0.29) is 40.7 Å². The van der Waals surface area contributed by atoms with E-state index in [1.807, 2.05) is 0 Å². The SMILES string of the molecule is Cc1nc2nc(C3CCCN(C(=O)c4ccn(C)c(=O)c4)C3)cc(C(F)(F)F)c2c(=O)[nH]1. The molecule has 8 nitrogen and oxygen atoms in total. The van der Waals surface area contributed by atoms with E-state index in [4.69, 9.17) is 0 Å². The molecule has 1 aliphatic rings. The van der Waals surface area contributed by atoms with Crippen molar-refractivity contribution in [1.82, 2.24) is 24.4 Å². The van der Waals surface area contributed by atoms with Gasteiger partial charge in [-0.05, 0) is 31.9 Å². The molecule has 1 atom stereocenters. The van der Waals surface area contributed by atoms with Crippen LogP contribution in [0.2, 0.25) is 0 Å². The van der Waals surface area contributed by atoms with E-state index in [2.05, 4.69) is 15.0 Å². The van der Waals surface area contributed by atoms with Crippen molar-refractivity contribution in [3.8, 4) is 0 Å². The summed E-state index contributed by atoms with van der Waals surface area (Å²) in [5.74, 6) is -0.674. The monoisotopic (exact) mass is 447 g/mol. The summed E-state index contributed by atoms with van der Waals surface area (Å²) in [6, 6.07) is 3.65. The molecule has 0 saturated carbocycles. The fraction of sp³-hybridized carbons (Fsp3) is 0.381. The van der Waals surface area contributed by atoms with Gasteiger partial charge in [-0.25, -0.2) is 9.97 Å². The number of halogens is 3. The smallest absolute Gasteiger partial charge is 0.338 e. The van der Waals surface area contributed by atoms with Crippen LogP contribution in [0.3, 0.4) is 0 Å². The highest BCUT2D eigenvalue weighted by Gasteiger charge is 2.36. The maximum atomic E-state index is 13.7. The summed E-state index contributed by atoms with van der Waals surface area (Å²) in [5.41, 5.74) is -2.25. The average molecular weight is 447 g/mol. The number of carbonyl (C=O) groups is 1. The molecule has 1 aliphatic heterocycles. The first-order chi connectivity index (χ1) is 15.0. The minimum atomic E-state index is -4.77. The molecule has 1 unspecified atom stereocenters. The molecule has 1 saturated heterocycles. The third-order valence-electron chi connectivity index (χ3n) is 5.60. The number of pyridine rings is 2. The maximum Gasteiger partial charge on any atom is 0.417 e. The molecule has 32 heavy (non-hydrogen) atoms. The molecular formula is C21H20F3N5O3. The molecular weight excluding hydrogens is 427 g/mol. The Morgan fingerprint density at radius 2 is 1.97 bits per heavy atom. The van der Waals surface area contributed by atoms with Crippen molar-refractivity contribution in [1.29, 1.82) is 0 Å². The topological polar surface area (TPSA) is 101 Å². The van der Waals surface area contributed by atoms with Gasteiger partial charge in [0.2, 0.25) is 0 Å². The van der Waals surface area contributed by atoms with Crippen molar-refractivity contribution < 1.29 is 18.0 Å². The first-order valence-corrected chi connectivity index (χ1v) is 9.99. The van der Waals surface area contributed by atoms with Gasteiger partial charge in [-0.1, -0.05) is 0 Å². The van der Waals surface area contributed by atoms with E-state index < -0.39 is 28.6 Å². The zero-order valence-electron chi connectivity index (χ0n) is 17.4. The summed E-state index contributed by atoms with van der Waals surface area (Å²) in [4.78, 5) is 49.0. The van der Waals surface area contributed by atoms with Gasteiger partial charge in [0, 0.05) is 49.6 Å². The van der Waals surface area contributed by atoms with Crippen LogP contribution in [0.15, 0.2) is 34.0 Å². The molecule has 3 aromatic rings.